The molecule has 0 aliphatic rings. The van der Waals surface area contributed by atoms with Crippen LogP contribution in [0.3, 0.4) is 0 Å². The predicted molar refractivity (Wildman–Crippen MR) is 97.0 cm³/mol. The first-order chi connectivity index (χ1) is 12.5. The molecule has 0 radical (unpaired) electrons. The molecule has 3 aromatic rings. The van der Waals surface area contributed by atoms with Gasteiger partial charge in [0.25, 0.3) is 5.56 Å². The van der Waals surface area contributed by atoms with E-state index in [9.17, 15) is 14.4 Å². The van der Waals surface area contributed by atoms with E-state index in [0.717, 1.165) is 0 Å². The molecule has 0 atom stereocenters. The number of hydrogen-bond acceptors (Lipinski definition) is 5. The topological polar surface area (TPSA) is 105 Å². The number of pyridine rings is 1. The second kappa shape index (κ2) is 7.56. The van der Waals surface area contributed by atoms with Gasteiger partial charge in [-0.1, -0.05) is 12.1 Å². The van der Waals surface area contributed by atoms with Gasteiger partial charge in [-0.3, -0.25) is 18.8 Å². The van der Waals surface area contributed by atoms with E-state index in [4.69, 9.17) is 0 Å². The van der Waals surface area contributed by atoms with E-state index in [1.165, 1.54) is 11.3 Å². The highest BCUT2D eigenvalue weighted by molar-refractivity contribution is 5.93. The lowest BCUT2D eigenvalue weighted by molar-refractivity contribution is -0.116. The van der Waals surface area contributed by atoms with Gasteiger partial charge in [0.15, 0.2) is 5.65 Å². The van der Waals surface area contributed by atoms with E-state index in [1.54, 1.807) is 48.7 Å². The molecule has 0 fully saturated rings. The van der Waals surface area contributed by atoms with Gasteiger partial charge in [-0.2, -0.15) is 0 Å². The number of benzene rings is 1. The summed E-state index contributed by atoms with van der Waals surface area (Å²) in [6.45, 7) is 1.41. The zero-order chi connectivity index (χ0) is 18.5. The Morgan fingerprint density at radius 3 is 2.58 bits per heavy atom. The van der Waals surface area contributed by atoms with Crippen molar-refractivity contribution in [1.29, 1.82) is 0 Å². The lowest BCUT2D eigenvalue weighted by atomic mass is 10.2. The zero-order valence-electron chi connectivity index (χ0n) is 14.1. The lowest BCUT2D eigenvalue weighted by Gasteiger charge is -2.08. The maximum atomic E-state index is 12.3. The van der Waals surface area contributed by atoms with Crippen molar-refractivity contribution >= 4 is 28.8 Å². The Bertz CT molecular complexity index is 1030. The number of anilines is 2. The molecule has 26 heavy (non-hydrogen) atoms. The van der Waals surface area contributed by atoms with Gasteiger partial charge in [0.1, 0.15) is 5.69 Å². The van der Waals surface area contributed by atoms with Crippen molar-refractivity contribution in [2.75, 3.05) is 10.6 Å². The molecule has 0 bridgehead atoms. The molecule has 8 heteroatoms. The number of fused-ring (bicyclic) bond motifs is 1. The van der Waals surface area contributed by atoms with Crippen molar-refractivity contribution in [3.63, 3.8) is 0 Å². The number of carbonyl (C=O) groups excluding carboxylic acids is 2. The monoisotopic (exact) mass is 351 g/mol. The third-order valence-corrected chi connectivity index (χ3v) is 3.63. The molecule has 0 aliphatic heterocycles. The van der Waals surface area contributed by atoms with Crippen LogP contribution in [-0.4, -0.2) is 26.4 Å². The quantitative estimate of drug-likeness (QED) is 0.727. The average molecular weight is 351 g/mol. The zero-order valence-corrected chi connectivity index (χ0v) is 14.1. The summed E-state index contributed by atoms with van der Waals surface area (Å²) in [5, 5.41) is 13.3. The van der Waals surface area contributed by atoms with Gasteiger partial charge in [-0.15, -0.1) is 10.2 Å². The summed E-state index contributed by atoms with van der Waals surface area (Å²) < 4.78 is 1.40. The second-order valence-electron chi connectivity index (χ2n) is 5.69. The maximum absolute atomic E-state index is 12.3. The molecule has 0 spiro atoms. The fourth-order valence-electron chi connectivity index (χ4n) is 2.47. The molecule has 2 N–H and O–H groups in total. The standard InChI is InChI=1S/C18H17N5O3/c1-12(24)19-13-5-4-6-14(11-13)20-17(25)9-8-15-18(26)23-10-3-2-7-16(23)22-21-15/h2-7,10-11H,8-9H2,1H3,(H,19,24)(H,20,25). The molecule has 2 heterocycles. The first-order valence-electron chi connectivity index (χ1n) is 8.03. The Hall–Kier alpha value is -3.55. The largest absolute Gasteiger partial charge is 0.326 e. The normalized spacial score (nSPS) is 10.5. The lowest BCUT2D eigenvalue weighted by Crippen LogP contribution is -2.23. The number of rotatable bonds is 5. The first-order valence-corrected chi connectivity index (χ1v) is 8.03. The van der Waals surface area contributed by atoms with Crippen LogP contribution >= 0.6 is 0 Å². The van der Waals surface area contributed by atoms with Crippen molar-refractivity contribution in [3.8, 4) is 0 Å². The SMILES string of the molecule is CC(=O)Nc1cccc(NC(=O)CCc2nnc3ccccn3c2=O)c1. The van der Waals surface area contributed by atoms with Gasteiger partial charge in [0.2, 0.25) is 11.8 Å². The molecular weight excluding hydrogens is 334 g/mol. The summed E-state index contributed by atoms with van der Waals surface area (Å²) in [5.41, 5.74) is 1.56. The Morgan fingerprint density at radius 2 is 1.81 bits per heavy atom. The minimum Gasteiger partial charge on any atom is -0.326 e. The van der Waals surface area contributed by atoms with E-state index in [2.05, 4.69) is 20.8 Å². The van der Waals surface area contributed by atoms with Crippen LogP contribution in [0.15, 0.2) is 53.5 Å². The minimum absolute atomic E-state index is 0.0905. The van der Waals surface area contributed by atoms with Gasteiger partial charge < -0.3 is 10.6 Å². The summed E-state index contributed by atoms with van der Waals surface area (Å²) in [6, 6.07) is 12.0. The van der Waals surface area contributed by atoms with E-state index in [0.29, 0.717) is 17.0 Å². The molecule has 0 saturated heterocycles. The van der Waals surface area contributed by atoms with Crippen molar-refractivity contribution in [3.05, 3.63) is 64.7 Å². The molecule has 1 aromatic carbocycles. The first kappa shape index (κ1) is 17.3. The fraction of sp³-hybridized carbons (Fsp3) is 0.167. The summed E-state index contributed by atoms with van der Waals surface area (Å²) in [4.78, 5) is 35.6. The third kappa shape index (κ3) is 4.10. The van der Waals surface area contributed by atoms with E-state index < -0.39 is 0 Å². The highest BCUT2D eigenvalue weighted by atomic mass is 16.2. The number of carbonyl (C=O) groups is 2. The van der Waals surface area contributed by atoms with Crippen LogP contribution in [0.5, 0.6) is 0 Å². The molecular formula is C18H17N5O3. The highest BCUT2D eigenvalue weighted by Gasteiger charge is 2.10. The predicted octanol–water partition coefficient (Wildman–Crippen LogP) is 1.62. The van der Waals surface area contributed by atoms with E-state index in [1.807, 2.05) is 0 Å². The molecule has 3 rings (SSSR count). The van der Waals surface area contributed by atoms with Gasteiger partial charge in [-0.05, 0) is 30.3 Å². The average Bonchev–Trinajstić information content (AvgIpc) is 2.61. The summed E-state index contributed by atoms with van der Waals surface area (Å²) in [5.74, 6) is -0.451. The van der Waals surface area contributed by atoms with E-state index >= 15 is 0 Å². The van der Waals surface area contributed by atoms with Crippen LogP contribution in [0.4, 0.5) is 11.4 Å². The van der Waals surface area contributed by atoms with Crippen LogP contribution in [0, 0.1) is 0 Å². The van der Waals surface area contributed by atoms with E-state index in [-0.39, 0.29) is 35.9 Å². The Labute approximate surface area is 148 Å². The van der Waals surface area contributed by atoms with Crippen molar-refractivity contribution in [1.82, 2.24) is 14.6 Å². The third-order valence-electron chi connectivity index (χ3n) is 3.63. The van der Waals surface area contributed by atoms with Gasteiger partial charge >= 0.3 is 0 Å². The van der Waals surface area contributed by atoms with Crippen LogP contribution in [0.1, 0.15) is 19.0 Å². The number of amides is 2. The number of nitrogens with one attached hydrogen (secondary N) is 2. The molecule has 8 nitrogen and oxygen atoms in total. The Kier molecular flexibility index (Phi) is 5.02. The van der Waals surface area contributed by atoms with Gasteiger partial charge in [0.05, 0.1) is 0 Å². The molecule has 2 amide bonds. The van der Waals surface area contributed by atoms with Crippen molar-refractivity contribution < 1.29 is 9.59 Å². The molecule has 0 unspecified atom stereocenters. The maximum Gasteiger partial charge on any atom is 0.279 e. The molecule has 2 aromatic heterocycles. The minimum atomic E-state index is -0.281. The number of aromatic nitrogens is 3. The van der Waals surface area contributed by atoms with Crippen LogP contribution in [-0.2, 0) is 16.0 Å². The number of hydrogen-bond donors (Lipinski definition) is 2. The summed E-state index contributed by atoms with van der Waals surface area (Å²) in [6.07, 6.45) is 1.89. The fourth-order valence-corrected chi connectivity index (χ4v) is 2.47. The number of nitrogens with zero attached hydrogens (tertiary/aromatic N) is 3. The molecule has 0 saturated carbocycles. The number of aryl methyl sites for hydroxylation is 1. The van der Waals surface area contributed by atoms with Crippen LogP contribution < -0.4 is 16.2 Å². The van der Waals surface area contributed by atoms with Crippen LogP contribution in [0.25, 0.3) is 5.65 Å². The van der Waals surface area contributed by atoms with Crippen LogP contribution in [0.2, 0.25) is 0 Å². The van der Waals surface area contributed by atoms with Crippen molar-refractivity contribution in [2.24, 2.45) is 0 Å². The highest BCUT2D eigenvalue weighted by Crippen LogP contribution is 2.15. The smallest absolute Gasteiger partial charge is 0.279 e. The molecule has 132 valence electrons. The molecule has 0 aliphatic carbocycles. The van der Waals surface area contributed by atoms with Crippen molar-refractivity contribution in [2.45, 2.75) is 19.8 Å². The second-order valence-corrected chi connectivity index (χ2v) is 5.69. The Morgan fingerprint density at radius 1 is 1.04 bits per heavy atom. The van der Waals surface area contributed by atoms with Gasteiger partial charge in [-0.25, -0.2) is 0 Å². The summed E-state index contributed by atoms with van der Waals surface area (Å²) >= 11 is 0. The Balaban J connectivity index is 1.65. The van der Waals surface area contributed by atoms with Gasteiger partial charge in [0, 0.05) is 37.3 Å². The summed E-state index contributed by atoms with van der Waals surface area (Å²) in [7, 11) is 0.